The molecular weight excluding hydrogens is 468 g/mol. The van der Waals surface area contributed by atoms with E-state index in [1.165, 1.54) is 0 Å². The van der Waals surface area contributed by atoms with Crippen LogP contribution >= 0.6 is 11.3 Å². The van der Waals surface area contributed by atoms with Crippen molar-refractivity contribution in [2.24, 2.45) is 0 Å². The number of hydrogen-bond acceptors (Lipinski definition) is 5. The van der Waals surface area contributed by atoms with Gasteiger partial charge < -0.3 is 4.90 Å². The van der Waals surface area contributed by atoms with Gasteiger partial charge in [-0.3, -0.25) is 4.79 Å². The van der Waals surface area contributed by atoms with Crippen molar-refractivity contribution in [2.75, 3.05) is 19.8 Å². The van der Waals surface area contributed by atoms with Crippen LogP contribution in [0.5, 0.6) is 0 Å². The fraction of sp³-hybridized carbons (Fsp3) is 0.200. The maximum atomic E-state index is 13.1. The zero-order valence-electron chi connectivity index (χ0n) is 19.0. The molecule has 0 bridgehead atoms. The molecule has 0 aliphatic heterocycles. The van der Waals surface area contributed by atoms with Crippen molar-refractivity contribution in [3.8, 4) is 16.3 Å². The van der Waals surface area contributed by atoms with E-state index in [1.54, 1.807) is 35.4 Å². The lowest BCUT2D eigenvalue weighted by Crippen LogP contribution is -2.26. The Hall–Kier alpha value is -3.27. The summed E-state index contributed by atoms with van der Waals surface area (Å²) in [4.78, 5) is 15.8. The molecule has 0 saturated carbocycles. The van der Waals surface area contributed by atoms with Gasteiger partial charge in [-0.15, -0.1) is 11.3 Å². The van der Waals surface area contributed by atoms with Crippen LogP contribution in [-0.4, -0.2) is 48.9 Å². The molecular formula is C25H26N4O3S2. The largest absolute Gasteiger partial charge is 0.337 e. The number of carbonyl (C=O) groups excluding carboxylic acids is 1. The number of rotatable bonds is 9. The van der Waals surface area contributed by atoms with Crippen LogP contribution in [0.3, 0.4) is 0 Å². The van der Waals surface area contributed by atoms with Crippen molar-refractivity contribution in [3.63, 3.8) is 0 Å². The molecule has 9 heteroatoms. The molecule has 0 radical (unpaired) electrons. The van der Waals surface area contributed by atoms with Gasteiger partial charge in [-0.25, -0.2) is 17.8 Å². The van der Waals surface area contributed by atoms with Crippen molar-refractivity contribution in [2.45, 2.75) is 13.0 Å². The Morgan fingerprint density at radius 3 is 2.44 bits per heavy atom. The summed E-state index contributed by atoms with van der Waals surface area (Å²) < 4.78 is 26.7. The summed E-state index contributed by atoms with van der Waals surface area (Å²) in [7, 11) is -1.43. The zero-order valence-corrected chi connectivity index (χ0v) is 20.6. The van der Waals surface area contributed by atoms with Crippen LogP contribution in [-0.2, 0) is 23.0 Å². The standard InChI is InChI=1S/C25H26N4O3S2/c1-28(25(30)20-12-10-19(11-13-20)14-15-26-34(2,31)32)17-21-18-29(22-7-4-3-5-8-22)27-24(21)23-9-6-16-33-23/h3-13,16,18,26H,14-15,17H2,1-2H3. The predicted octanol–water partition coefficient (Wildman–Crippen LogP) is 3.96. The summed E-state index contributed by atoms with van der Waals surface area (Å²) in [6, 6.07) is 21.2. The average Bonchev–Trinajstić information content (AvgIpc) is 3.49. The minimum absolute atomic E-state index is 0.0922. The molecule has 176 valence electrons. The highest BCUT2D eigenvalue weighted by Crippen LogP contribution is 2.28. The number of sulfonamides is 1. The Balaban J connectivity index is 1.49. The molecule has 0 atom stereocenters. The topological polar surface area (TPSA) is 84.3 Å². The van der Waals surface area contributed by atoms with Crippen LogP contribution in [0.25, 0.3) is 16.3 Å². The van der Waals surface area contributed by atoms with Gasteiger partial charge in [0, 0.05) is 37.5 Å². The third-order valence-electron chi connectivity index (χ3n) is 5.30. The lowest BCUT2D eigenvalue weighted by Gasteiger charge is -2.17. The lowest BCUT2D eigenvalue weighted by molar-refractivity contribution is 0.0785. The van der Waals surface area contributed by atoms with Gasteiger partial charge in [-0.05, 0) is 47.7 Å². The number of nitrogens with zero attached hydrogens (tertiary/aromatic N) is 3. The Morgan fingerprint density at radius 1 is 1.06 bits per heavy atom. The van der Waals surface area contributed by atoms with Gasteiger partial charge in [-0.1, -0.05) is 36.4 Å². The first kappa shape index (κ1) is 23.9. The lowest BCUT2D eigenvalue weighted by atomic mass is 10.1. The van der Waals surface area contributed by atoms with E-state index in [9.17, 15) is 13.2 Å². The van der Waals surface area contributed by atoms with E-state index in [0.717, 1.165) is 33.6 Å². The quantitative estimate of drug-likeness (QED) is 0.382. The highest BCUT2D eigenvalue weighted by molar-refractivity contribution is 7.88. The summed E-state index contributed by atoms with van der Waals surface area (Å²) in [5.74, 6) is -0.0922. The normalized spacial score (nSPS) is 11.5. The molecule has 34 heavy (non-hydrogen) atoms. The molecule has 7 nitrogen and oxygen atoms in total. The van der Waals surface area contributed by atoms with Crippen molar-refractivity contribution >= 4 is 27.3 Å². The molecule has 1 amide bonds. The van der Waals surface area contributed by atoms with Crippen molar-refractivity contribution < 1.29 is 13.2 Å². The van der Waals surface area contributed by atoms with Gasteiger partial charge in [0.25, 0.3) is 5.91 Å². The first-order valence-corrected chi connectivity index (χ1v) is 13.5. The second-order valence-corrected chi connectivity index (χ2v) is 10.8. The van der Waals surface area contributed by atoms with Gasteiger partial charge in [0.2, 0.25) is 10.0 Å². The van der Waals surface area contributed by atoms with Crippen LogP contribution in [0.2, 0.25) is 0 Å². The van der Waals surface area contributed by atoms with Crippen LogP contribution in [0, 0.1) is 0 Å². The van der Waals surface area contributed by atoms with Crippen LogP contribution in [0.4, 0.5) is 0 Å². The number of para-hydroxylation sites is 1. The predicted molar refractivity (Wildman–Crippen MR) is 136 cm³/mol. The zero-order chi connectivity index (χ0) is 24.1. The number of benzene rings is 2. The number of carbonyl (C=O) groups is 1. The first-order valence-electron chi connectivity index (χ1n) is 10.8. The molecule has 0 spiro atoms. The number of aromatic nitrogens is 2. The van der Waals surface area contributed by atoms with E-state index in [-0.39, 0.29) is 5.91 Å². The number of nitrogens with one attached hydrogen (secondary N) is 1. The van der Waals surface area contributed by atoms with Crippen molar-refractivity contribution in [1.82, 2.24) is 19.4 Å². The van der Waals surface area contributed by atoms with Gasteiger partial charge in [0.05, 0.1) is 16.8 Å². The minimum Gasteiger partial charge on any atom is -0.337 e. The highest BCUT2D eigenvalue weighted by atomic mass is 32.2. The number of amides is 1. The van der Waals surface area contributed by atoms with E-state index in [4.69, 9.17) is 5.10 Å². The summed E-state index contributed by atoms with van der Waals surface area (Å²) >= 11 is 1.62. The van der Waals surface area contributed by atoms with E-state index >= 15 is 0 Å². The Labute approximate surface area is 203 Å². The molecule has 0 aliphatic rings. The van der Waals surface area contributed by atoms with Gasteiger partial charge in [-0.2, -0.15) is 5.10 Å². The Bertz CT molecular complexity index is 1350. The summed E-state index contributed by atoms with van der Waals surface area (Å²) in [6.07, 6.45) is 3.67. The summed E-state index contributed by atoms with van der Waals surface area (Å²) in [5, 5.41) is 6.82. The third kappa shape index (κ3) is 5.99. The summed E-state index contributed by atoms with van der Waals surface area (Å²) in [5.41, 5.74) is 4.33. The molecule has 1 N–H and O–H groups in total. The van der Waals surface area contributed by atoms with E-state index in [0.29, 0.717) is 25.1 Å². The van der Waals surface area contributed by atoms with E-state index in [2.05, 4.69) is 4.72 Å². The van der Waals surface area contributed by atoms with Crippen molar-refractivity contribution in [3.05, 3.63) is 95.0 Å². The molecule has 0 fully saturated rings. The molecule has 4 rings (SSSR count). The molecule has 0 unspecified atom stereocenters. The van der Waals surface area contributed by atoms with Crippen LogP contribution in [0.1, 0.15) is 21.5 Å². The fourth-order valence-corrected chi connectivity index (χ4v) is 4.82. The maximum absolute atomic E-state index is 13.1. The third-order valence-corrected chi connectivity index (χ3v) is 6.90. The van der Waals surface area contributed by atoms with Gasteiger partial charge in [0.1, 0.15) is 5.69 Å². The molecule has 0 saturated heterocycles. The average molecular weight is 495 g/mol. The molecule has 2 aromatic heterocycles. The van der Waals surface area contributed by atoms with Crippen LogP contribution in [0.15, 0.2) is 78.3 Å². The fourth-order valence-electron chi connectivity index (χ4n) is 3.60. The Kier molecular flexibility index (Phi) is 7.26. The highest BCUT2D eigenvalue weighted by Gasteiger charge is 2.18. The smallest absolute Gasteiger partial charge is 0.253 e. The molecule has 0 aliphatic carbocycles. The van der Waals surface area contributed by atoms with Crippen molar-refractivity contribution in [1.29, 1.82) is 0 Å². The van der Waals surface area contributed by atoms with E-state index in [1.807, 2.05) is 70.9 Å². The van der Waals surface area contributed by atoms with Crippen LogP contribution < -0.4 is 4.72 Å². The summed E-state index contributed by atoms with van der Waals surface area (Å²) in [6.45, 7) is 0.738. The maximum Gasteiger partial charge on any atom is 0.253 e. The molecule has 2 heterocycles. The van der Waals surface area contributed by atoms with Gasteiger partial charge in [0.15, 0.2) is 0 Å². The van der Waals surface area contributed by atoms with E-state index < -0.39 is 10.0 Å². The van der Waals surface area contributed by atoms with Gasteiger partial charge >= 0.3 is 0 Å². The first-order chi connectivity index (χ1) is 16.3. The Morgan fingerprint density at radius 2 is 1.79 bits per heavy atom. The SMILES string of the molecule is CN(Cc1cn(-c2ccccc2)nc1-c1cccs1)C(=O)c1ccc(CCNS(C)(=O)=O)cc1. The monoisotopic (exact) mass is 494 g/mol. The molecule has 2 aromatic carbocycles. The second-order valence-electron chi connectivity index (χ2n) is 8.04. The second kappa shape index (κ2) is 10.3. The molecule has 4 aromatic rings. The number of hydrogen-bond donors (Lipinski definition) is 1. The minimum atomic E-state index is -3.21. The number of thiophene rings is 1.